The Hall–Kier alpha value is -1.42. The van der Waals surface area contributed by atoms with E-state index >= 15 is 0 Å². The van der Waals surface area contributed by atoms with Crippen LogP contribution in [0.3, 0.4) is 0 Å². The van der Waals surface area contributed by atoms with Gasteiger partial charge in [-0.05, 0) is 31.4 Å². The number of aliphatic hydroxyl groups excluding tert-OH is 1. The first-order valence-corrected chi connectivity index (χ1v) is 5.73. The Morgan fingerprint density at radius 3 is 3.00 bits per heavy atom. The van der Waals surface area contributed by atoms with Crippen LogP contribution in [-0.4, -0.2) is 26.2 Å². The third kappa shape index (κ3) is 1.50. The van der Waals surface area contributed by atoms with E-state index in [1.165, 1.54) is 12.8 Å². The van der Waals surface area contributed by atoms with Crippen LogP contribution < -0.4 is 0 Å². The summed E-state index contributed by atoms with van der Waals surface area (Å²) >= 11 is 0. The van der Waals surface area contributed by atoms with Crippen molar-refractivity contribution in [2.75, 3.05) is 6.61 Å². The summed E-state index contributed by atoms with van der Waals surface area (Å²) in [5, 5.41) is 9.10. The van der Waals surface area contributed by atoms with Crippen LogP contribution in [0.4, 0.5) is 0 Å². The topological polar surface area (TPSA) is 50.9 Å². The second kappa shape index (κ2) is 3.56. The summed E-state index contributed by atoms with van der Waals surface area (Å²) in [5.41, 5.74) is 2.99. The summed E-state index contributed by atoms with van der Waals surface area (Å²) in [4.78, 5) is 9.06. The van der Waals surface area contributed by atoms with Crippen molar-refractivity contribution in [1.82, 2.24) is 14.5 Å². The lowest BCUT2D eigenvalue weighted by Gasteiger charge is -2.04. The van der Waals surface area contributed by atoms with Gasteiger partial charge in [0.05, 0.1) is 6.61 Å². The second-order valence-electron chi connectivity index (χ2n) is 4.47. The minimum atomic E-state index is 0.140. The van der Waals surface area contributed by atoms with Crippen LogP contribution in [-0.2, 0) is 6.54 Å². The largest absolute Gasteiger partial charge is 0.395 e. The lowest BCUT2D eigenvalue weighted by Crippen LogP contribution is -2.06. The first kappa shape index (κ1) is 9.78. The quantitative estimate of drug-likeness (QED) is 0.849. The fourth-order valence-electron chi connectivity index (χ4n) is 2.10. The number of aryl methyl sites for hydroxylation is 1. The maximum atomic E-state index is 9.10. The van der Waals surface area contributed by atoms with Crippen LogP contribution in [0.2, 0.25) is 0 Å². The molecule has 0 saturated heterocycles. The number of hydrogen-bond acceptors (Lipinski definition) is 3. The second-order valence-corrected chi connectivity index (χ2v) is 4.47. The number of aromatic nitrogens is 3. The number of rotatable bonds is 3. The van der Waals surface area contributed by atoms with Gasteiger partial charge in [0.1, 0.15) is 11.3 Å². The molecule has 0 aromatic carbocycles. The van der Waals surface area contributed by atoms with Gasteiger partial charge in [0, 0.05) is 18.7 Å². The molecule has 0 aliphatic heterocycles. The van der Waals surface area contributed by atoms with E-state index in [4.69, 9.17) is 5.11 Å². The van der Waals surface area contributed by atoms with Crippen molar-refractivity contribution in [2.24, 2.45) is 0 Å². The third-order valence-electron chi connectivity index (χ3n) is 3.02. The van der Waals surface area contributed by atoms with Gasteiger partial charge in [-0.1, -0.05) is 0 Å². The lowest BCUT2D eigenvalue weighted by atomic mass is 10.3. The molecule has 0 bridgehead atoms. The van der Waals surface area contributed by atoms with Gasteiger partial charge < -0.3 is 9.67 Å². The van der Waals surface area contributed by atoms with Gasteiger partial charge in [-0.15, -0.1) is 0 Å². The summed E-state index contributed by atoms with van der Waals surface area (Å²) < 4.78 is 2.06. The van der Waals surface area contributed by atoms with E-state index in [0.29, 0.717) is 12.5 Å². The monoisotopic (exact) mass is 217 g/mol. The van der Waals surface area contributed by atoms with Crippen molar-refractivity contribution >= 4 is 11.2 Å². The molecule has 0 amide bonds. The molecule has 1 saturated carbocycles. The Balaban J connectivity index is 2.19. The summed E-state index contributed by atoms with van der Waals surface area (Å²) in [5.74, 6) is 1.68. The van der Waals surface area contributed by atoms with Crippen LogP contribution in [0.1, 0.15) is 30.1 Å². The average molecular weight is 217 g/mol. The molecule has 2 aromatic rings. The van der Waals surface area contributed by atoms with Gasteiger partial charge in [0.25, 0.3) is 0 Å². The first-order chi connectivity index (χ1) is 7.79. The number of aliphatic hydroxyl groups is 1. The number of fused-ring (bicyclic) bond motifs is 1. The van der Waals surface area contributed by atoms with Gasteiger partial charge in [0.15, 0.2) is 5.65 Å². The highest BCUT2D eigenvalue weighted by molar-refractivity contribution is 5.72. The van der Waals surface area contributed by atoms with E-state index in [2.05, 4.69) is 20.6 Å². The predicted octanol–water partition coefficient (Wildman–Crippen LogP) is 1.61. The van der Waals surface area contributed by atoms with E-state index in [9.17, 15) is 0 Å². The Labute approximate surface area is 93.9 Å². The minimum Gasteiger partial charge on any atom is -0.395 e. The van der Waals surface area contributed by atoms with Gasteiger partial charge in [0.2, 0.25) is 0 Å². The summed E-state index contributed by atoms with van der Waals surface area (Å²) in [7, 11) is 0. The summed E-state index contributed by atoms with van der Waals surface area (Å²) in [6.45, 7) is 2.76. The van der Waals surface area contributed by atoms with Crippen LogP contribution in [0, 0.1) is 6.92 Å². The maximum absolute atomic E-state index is 9.10. The molecule has 0 atom stereocenters. The molecule has 0 unspecified atom stereocenters. The highest BCUT2D eigenvalue weighted by Crippen LogP contribution is 2.40. The van der Waals surface area contributed by atoms with Crippen molar-refractivity contribution in [3.63, 3.8) is 0 Å². The molecule has 16 heavy (non-hydrogen) atoms. The molecule has 1 fully saturated rings. The van der Waals surface area contributed by atoms with Gasteiger partial charge in [-0.25, -0.2) is 9.97 Å². The van der Waals surface area contributed by atoms with E-state index in [1.807, 2.05) is 13.1 Å². The van der Waals surface area contributed by atoms with Crippen LogP contribution in [0.25, 0.3) is 11.2 Å². The standard InChI is InChI=1S/C12H15N3O/c1-8-6-10-12(13-7-8)15(4-5-16)11(14-10)9-2-3-9/h6-7,9,16H,2-5H2,1H3. The SMILES string of the molecule is Cc1cnc2c(c1)nc(C1CC1)n2CCO. The van der Waals surface area contributed by atoms with Crippen LogP contribution >= 0.6 is 0 Å². The average Bonchev–Trinajstić information content (AvgIpc) is 3.04. The van der Waals surface area contributed by atoms with Crippen molar-refractivity contribution in [3.05, 3.63) is 23.7 Å². The predicted molar refractivity (Wildman–Crippen MR) is 61.3 cm³/mol. The third-order valence-corrected chi connectivity index (χ3v) is 3.02. The molecule has 4 nitrogen and oxygen atoms in total. The molecule has 0 spiro atoms. The van der Waals surface area contributed by atoms with E-state index in [-0.39, 0.29) is 6.61 Å². The van der Waals surface area contributed by atoms with Gasteiger partial charge >= 0.3 is 0 Å². The Kier molecular flexibility index (Phi) is 2.17. The molecule has 3 rings (SSSR count). The Morgan fingerprint density at radius 2 is 2.31 bits per heavy atom. The van der Waals surface area contributed by atoms with Gasteiger partial charge in [-0.2, -0.15) is 0 Å². The lowest BCUT2D eigenvalue weighted by molar-refractivity contribution is 0.275. The fraction of sp³-hybridized carbons (Fsp3) is 0.500. The van der Waals surface area contributed by atoms with Gasteiger partial charge in [-0.3, -0.25) is 0 Å². The van der Waals surface area contributed by atoms with Crippen LogP contribution in [0.15, 0.2) is 12.3 Å². The molecule has 0 radical (unpaired) electrons. The Morgan fingerprint density at radius 1 is 1.50 bits per heavy atom. The number of imidazole rings is 1. The minimum absolute atomic E-state index is 0.140. The van der Waals surface area contributed by atoms with Crippen molar-refractivity contribution < 1.29 is 5.11 Å². The summed E-state index contributed by atoms with van der Waals surface area (Å²) in [6, 6.07) is 2.06. The highest BCUT2D eigenvalue weighted by Gasteiger charge is 2.29. The van der Waals surface area contributed by atoms with E-state index in [0.717, 1.165) is 22.6 Å². The van der Waals surface area contributed by atoms with E-state index in [1.54, 1.807) is 0 Å². The molecule has 1 aliphatic rings. The summed E-state index contributed by atoms with van der Waals surface area (Å²) in [6.07, 6.45) is 4.29. The smallest absolute Gasteiger partial charge is 0.160 e. The zero-order valence-electron chi connectivity index (χ0n) is 9.35. The molecular formula is C12H15N3O. The number of nitrogens with zero attached hydrogens (tertiary/aromatic N) is 3. The number of pyridine rings is 1. The first-order valence-electron chi connectivity index (χ1n) is 5.73. The van der Waals surface area contributed by atoms with E-state index < -0.39 is 0 Å². The zero-order chi connectivity index (χ0) is 11.1. The van der Waals surface area contributed by atoms with Crippen LogP contribution in [0.5, 0.6) is 0 Å². The van der Waals surface area contributed by atoms with Crippen molar-refractivity contribution in [1.29, 1.82) is 0 Å². The molecule has 2 aromatic heterocycles. The molecular weight excluding hydrogens is 202 g/mol. The molecule has 4 heteroatoms. The normalized spacial score (nSPS) is 15.9. The molecule has 1 N–H and O–H groups in total. The number of hydrogen-bond donors (Lipinski definition) is 1. The highest BCUT2D eigenvalue weighted by atomic mass is 16.3. The Bertz CT molecular complexity index is 528. The maximum Gasteiger partial charge on any atom is 0.160 e. The fourth-order valence-corrected chi connectivity index (χ4v) is 2.10. The van der Waals surface area contributed by atoms with Crippen molar-refractivity contribution in [2.45, 2.75) is 32.2 Å². The van der Waals surface area contributed by atoms with Crippen molar-refractivity contribution in [3.8, 4) is 0 Å². The molecule has 1 aliphatic carbocycles. The molecule has 2 heterocycles. The molecule has 84 valence electrons. The zero-order valence-corrected chi connectivity index (χ0v) is 9.35.